The van der Waals surface area contributed by atoms with E-state index in [1.54, 1.807) is 4.90 Å². The summed E-state index contributed by atoms with van der Waals surface area (Å²) in [5, 5.41) is 25.3. The summed E-state index contributed by atoms with van der Waals surface area (Å²) in [5.41, 5.74) is 0.458. The van der Waals surface area contributed by atoms with Crippen molar-refractivity contribution in [1.82, 2.24) is 20.0 Å². The number of nitrogens with one attached hydrogen (secondary N) is 1. The number of hydrogen-bond donors (Lipinski definition) is 3. The predicted molar refractivity (Wildman–Crippen MR) is 70.9 cm³/mol. The lowest BCUT2D eigenvalue weighted by molar-refractivity contribution is -0.0460. The highest BCUT2D eigenvalue weighted by atomic mass is 16.5. The summed E-state index contributed by atoms with van der Waals surface area (Å²) in [7, 11) is 0. The van der Waals surface area contributed by atoms with E-state index >= 15 is 0 Å². The van der Waals surface area contributed by atoms with E-state index in [0.29, 0.717) is 5.41 Å². The third-order valence-electron chi connectivity index (χ3n) is 4.50. The van der Waals surface area contributed by atoms with E-state index in [9.17, 15) is 4.79 Å². The summed E-state index contributed by atoms with van der Waals surface area (Å²) < 4.78 is 1.18. The smallest absolute Gasteiger partial charge is 0.344 e. The van der Waals surface area contributed by atoms with Gasteiger partial charge in [0.1, 0.15) is 5.69 Å². The van der Waals surface area contributed by atoms with Crippen LogP contribution in [-0.4, -0.2) is 57.1 Å². The lowest BCUT2D eigenvalue weighted by Crippen LogP contribution is -2.45. The Morgan fingerprint density at radius 3 is 2.65 bits per heavy atom. The second-order valence-electron chi connectivity index (χ2n) is 5.76. The molecule has 20 heavy (non-hydrogen) atoms. The molecular formula is C13H20N4O3. The first-order valence-corrected chi connectivity index (χ1v) is 7.01. The molecule has 0 saturated carbocycles. The highest BCUT2D eigenvalue weighted by Gasteiger charge is 2.38. The van der Waals surface area contributed by atoms with Gasteiger partial charge in [-0.25, -0.2) is 4.79 Å². The molecule has 1 amide bonds. The molecule has 0 atom stereocenters. The van der Waals surface area contributed by atoms with Gasteiger partial charge in [0.25, 0.3) is 0 Å². The molecule has 3 N–H and O–H groups in total. The Morgan fingerprint density at radius 1 is 1.35 bits per heavy atom. The molecular weight excluding hydrogens is 260 g/mol. The zero-order chi connectivity index (χ0) is 14.2. The molecule has 0 aromatic carbocycles. The Kier molecular flexibility index (Phi) is 3.49. The molecule has 1 aromatic heterocycles. The van der Waals surface area contributed by atoms with Crippen LogP contribution in [0, 0.1) is 5.41 Å². The van der Waals surface area contributed by atoms with E-state index in [2.05, 4.69) is 10.4 Å². The van der Waals surface area contributed by atoms with Crippen LogP contribution in [0.5, 0.6) is 0 Å². The summed E-state index contributed by atoms with van der Waals surface area (Å²) in [6, 6.07) is 1.24. The molecule has 2 saturated heterocycles. The molecule has 0 bridgehead atoms. The van der Waals surface area contributed by atoms with Gasteiger partial charge in [0, 0.05) is 25.8 Å². The second-order valence-corrected chi connectivity index (χ2v) is 5.76. The van der Waals surface area contributed by atoms with Crippen LogP contribution in [-0.2, 0) is 0 Å². The van der Waals surface area contributed by atoms with Crippen LogP contribution >= 0.6 is 0 Å². The number of aromatic nitrogens is 2. The van der Waals surface area contributed by atoms with Crippen LogP contribution in [0.25, 0.3) is 0 Å². The predicted octanol–water partition coefficient (Wildman–Crippen LogP) is -0.0901. The van der Waals surface area contributed by atoms with Crippen molar-refractivity contribution in [2.75, 3.05) is 26.2 Å². The zero-order valence-electron chi connectivity index (χ0n) is 11.3. The normalized spacial score (nSPS) is 21.9. The van der Waals surface area contributed by atoms with E-state index in [1.165, 1.54) is 23.4 Å². The molecule has 3 rings (SSSR count). The molecule has 0 unspecified atom stereocenters. The number of hydrogen-bond acceptors (Lipinski definition) is 5. The minimum atomic E-state index is -1.64. The standard InChI is InChI=1S/C13H20N4O3/c18-11(19)10-1-6-17(15-10)12(20)16-7-3-13(4-8-16)2-5-14-9-13/h1,6,11,14,18-19H,2-5,7-9H2. The Labute approximate surface area is 117 Å². The van der Waals surface area contributed by atoms with Crippen LogP contribution in [0.15, 0.2) is 12.3 Å². The Bertz CT molecular complexity index is 484. The van der Waals surface area contributed by atoms with Gasteiger partial charge in [-0.1, -0.05) is 0 Å². The summed E-state index contributed by atoms with van der Waals surface area (Å²) in [4.78, 5) is 14.1. The molecule has 7 nitrogen and oxygen atoms in total. The lowest BCUT2D eigenvalue weighted by Gasteiger charge is -2.38. The van der Waals surface area contributed by atoms with Crippen molar-refractivity contribution in [1.29, 1.82) is 0 Å². The van der Waals surface area contributed by atoms with E-state index in [0.717, 1.165) is 39.0 Å². The molecule has 2 fully saturated rings. The molecule has 1 spiro atoms. The Balaban J connectivity index is 1.63. The van der Waals surface area contributed by atoms with Crippen molar-refractivity contribution in [3.8, 4) is 0 Å². The van der Waals surface area contributed by atoms with E-state index in [4.69, 9.17) is 10.2 Å². The van der Waals surface area contributed by atoms with E-state index in [1.807, 2.05) is 0 Å². The fourth-order valence-corrected chi connectivity index (χ4v) is 3.12. The molecule has 110 valence electrons. The van der Waals surface area contributed by atoms with Gasteiger partial charge in [-0.15, -0.1) is 0 Å². The lowest BCUT2D eigenvalue weighted by atomic mass is 9.78. The van der Waals surface area contributed by atoms with Gasteiger partial charge in [-0.2, -0.15) is 9.78 Å². The Morgan fingerprint density at radius 2 is 2.10 bits per heavy atom. The number of aliphatic hydroxyl groups excluding tert-OH is 1. The number of rotatable bonds is 1. The van der Waals surface area contributed by atoms with E-state index in [-0.39, 0.29) is 11.7 Å². The van der Waals surface area contributed by atoms with Crippen molar-refractivity contribution in [2.24, 2.45) is 5.41 Å². The minimum absolute atomic E-state index is 0.0897. The molecule has 0 aliphatic carbocycles. The molecule has 2 aliphatic rings. The van der Waals surface area contributed by atoms with Gasteiger partial charge in [-0.3, -0.25) is 0 Å². The van der Waals surface area contributed by atoms with Crippen molar-refractivity contribution >= 4 is 6.03 Å². The zero-order valence-corrected chi connectivity index (χ0v) is 11.3. The summed E-state index contributed by atoms with van der Waals surface area (Å²) in [6.07, 6.45) is 3.06. The van der Waals surface area contributed by atoms with Crippen LogP contribution in [0.2, 0.25) is 0 Å². The van der Waals surface area contributed by atoms with Gasteiger partial charge in [-0.05, 0) is 37.3 Å². The number of amides is 1. The van der Waals surface area contributed by atoms with Crippen LogP contribution < -0.4 is 5.32 Å². The molecule has 3 heterocycles. The van der Waals surface area contributed by atoms with Crippen molar-refractivity contribution in [3.05, 3.63) is 18.0 Å². The molecule has 1 aromatic rings. The molecule has 2 aliphatic heterocycles. The van der Waals surface area contributed by atoms with Crippen LogP contribution in [0.3, 0.4) is 0 Å². The minimum Gasteiger partial charge on any atom is -0.363 e. The maximum atomic E-state index is 12.3. The van der Waals surface area contributed by atoms with Gasteiger partial charge >= 0.3 is 6.03 Å². The van der Waals surface area contributed by atoms with Crippen molar-refractivity contribution in [2.45, 2.75) is 25.6 Å². The highest BCUT2D eigenvalue weighted by Crippen LogP contribution is 2.36. The SMILES string of the molecule is O=C(N1CCC2(CCNC2)CC1)n1ccc(C(O)O)n1. The number of aliphatic hydroxyl groups is 2. The van der Waals surface area contributed by atoms with Gasteiger partial charge in [0.2, 0.25) is 0 Å². The molecule has 0 radical (unpaired) electrons. The second kappa shape index (κ2) is 5.16. The van der Waals surface area contributed by atoms with Crippen molar-refractivity contribution in [3.63, 3.8) is 0 Å². The first-order chi connectivity index (χ1) is 9.60. The number of piperidine rings is 1. The largest absolute Gasteiger partial charge is 0.363 e. The summed E-state index contributed by atoms with van der Waals surface area (Å²) in [6.45, 7) is 3.59. The maximum Gasteiger partial charge on any atom is 0.344 e. The van der Waals surface area contributed by atoms with Gasteiger partial charge in [0.05, 0.1) is 0 Å². The third-order valence-corrected chi connectivity index (χ3v) is 4.50. The van der Waals surface area contributed by atoms with Crippen molar-refractivity contribution < 1.29 is 15.0 Å². The highest BCUT2D eigenvalue weighted by molar-refractivity contribution is 5.76. The molecule has 7 heteroatoms. The quantitative estimate of drug-likeness (QED) is 0.625. The van der Waals surface area contributed by atoms with Gasteiger partial charge in [0.15, 0.2) is 6.29 Å². The first kappa shape index (κ1) is 13.5. The number of carbonyl (C=O) groups excluding carboxylic acids is 1. The third kappa shape index (κ3) is 2.44. The van der Waals surface area contributed by atoms with E-state index < -0.39 is 6.29 Å². The Hall–Kier alpha value is -1.44. The average Bonchev–Trinajstić information content (AvgIpc) is 3.08. The summed E-state index contributed by atoms with van der Waals surface area (Å²) >= 11 is 0. The first-order valence-electron chi connectivity index (χ1n) is 7.01. The topological polar surface area (TPSA) is 90.6 Å². The average molecular weight is 280 g/mol. The monoisotopic (exact) mass is 280 g/mol. The van der Waals surface area contributed by atoms with Crippen LogP contribution in [0.4, 0.5) is 4.79 Å². The maximum absolute atomic E-state index is 12.3. The summed E-state index contributed by atoms with van der Waals surface area (Å²) in [5.74, 6) is 0. The fourth-order valence-electron chi connectivity index (χ4n) is 3.12. The fraction of sp³-hybridized carbons (Fsp3) is 0.692. The van der Waals surface area contributed by atoms with Crippen LogP contribution in [0.1, 0.15) is 31.2 Å². The van der Waals surface area contributed by atoms with Gasteiger partial charge < -0.3 is 20.4 Å². The number of carbonyl (C=O) groups is 1. The number of likely N-dealkylation sites (tertiary alicyclic amines) is 1. The number of nitrogens with zero attached hydrogens (tertiary/aromatic N) is 3.